The Balaban J connectivity index is -0.0000000865. The molecule has 0 spiro atoms. The molecule has 0 unspecified atom stereocenters. The summed E-state index contributed by atoms with van der Waals surface area (Å²) in [5.74, 6) is -10.9. The zero-order valence-electron chi connectivity index (χ0n) is 9.13. The minimum absolute atomic E-state index is 0. The molecule has 6 N–H and O–H groups in total. The van der Waals surface area contributed by atoms with Gasteiger partial charge < -0.3 is 30.6 Å². The Kier molecular flexibility index (Phi) is 19.9. The molecule has 0 rings (SSSR count). The first kappa shape index (κ1) is 26.1. The minimum Gasteiger partial charge on any atom is -0.473 e. The Morgan fingerprint density at radius 2 is 0.421 bits per heavy atom. The molecule has 13 heteroatoms. The van der Waals surface area contributed by atoms with E-state index in [0.717, 1.165) is 0 Å². The summed E-state index contributed by atoms with van der Waals surface area (Å²) in [5, 5.41) is 44.3. The van der Waals surface area contributed by atoms with Crippen LogP contribution >= 0.6 is 0 Å². The van der Waals surface area contributed by atoms with Crippen LogP contribution in [0, 0.1) is 0 Å². The van der Waals surface area contributed by atoms with Crippen LogP contribution in [-0.4, -0.2) is 118 Å². The van der Waals surface area contributed by atoms with Crippen molar-refractivity contribution in [2.24, 2.45) is 0 Å². The van der Waals surface area contributed by atoms with E-state index in [1.54, 1.807) is 0 Å². The number of hydrogen-bond acceptors (Lipinski definition) is 6. The van der Waals surface area contributed by atoms with E-state index in [1.165, 1.54) is 0 Å². The normalized spacial score (nSPS) is 6.95. The van der Waals surface area contributed by atoms with Gasteiger partial charge in [-0.25, -0.2) is 28.8 Å². The zero-order valence-corrected chi connectivity index (χ0v) is 12.3. The second-order valence-electron chi connectivity index (χ2n) is 1.83. The SMILES string of the molecule is O=C(O)C(=O)O.O=C(O)C(=O)O.O=C(O)C(=O)O.[K]. The molecule has 12 nitrogen and oxygen atoms in total. The Bertz CT molecular complexity index is 277. The van der Waals surface area contributed by atoms with Crippen molar-refractivity contribution in [3.63, 3.8) is 0 Å². The Hall–Kier alpha value is -1.54. The van der Waals surface area contributed by atoms with Gasteiger partial charge in [-0.05, 0) is 0 Å². The second-order valence-corrected chi connectivity index (χ2v) is 1.83. The van der Waals surface area contributed by atoms with Gasteiger partial charge in [0.1, 0.15) is 0 Å². The number of carboxylic acids is 6. The van der Waals surface area contributed by atoms with Crippen molar-refractivity contribution in [2.75, 3.05) is 0 Å². The van der Waals surface area contributed by atoms with Crippen LogP contribution < -0.4 is 0 Å². The first-order chi connectivity index (χ1) is 7.93. The average Bonchev–Trinajstić information content (AvgIpc) is 2.18. The third-order valence-corrected chi connectivity index (χ3v) is 0.549. The summed E-state index contributed by atoms with van der Waals surface area (Å²) >= 11 is 0. The smallest absolute Gasteiger partial charge is 0.414 e. The summed E-state index contributed by atoms with van der Waals surface area (Å²) in [5.41, 5.74) is 0. The quantitative estimate of drug-likeness (QED) is 0.195. The van der Waals surface area contributed by atoms with E-state index < -0.39 is 35.8 Å². The van der Waals surface area contributed by atoms with Gasteiger partial charge >= 0.3 is 35.8 Å². The molecular weight excluding hydrogens is 303 g/mol. The molecule has 0 bridgehead atoms. The molecule has 0 fully saturated rings. The van der Waals surface area contributed by atoms with E-state index in [4.69, 9.17) is 59.4 Å². The van der Waals surface area contributed by atoms with E-state index in [9.17, 15) is 0 Å². The Morgan fingerprint density at radius 1 is 0.368 bits per heavy atom. The summed E-state index contributed by atoms with van der Waals surface area (Å²) in [6.45, 7) is 0. The molecule has 0 aromatic carbocycles. The number of hydrogen-bond donors (Lipinski definition) is 6. The predicted octanol–water partition coefficient (Wildman–Crippen LogP) is -2.91. The first-order valence-electron chi connectivity index (χ1n) is 3.32. The van der Waals surface area contributed by atoms with Crippen LogP contribution in [0.15, 0.2) is 0 Å². The maximum Gasteiger partial charge on any atom is 0.414 e. The summed E-state index contributed by atoms with van der Waals surface area (Å²) in [4.78, 5) is 54.6. The molecule has 0 amide bonds. The van der Waals surface area contributed by atoms with Gasteiger partial charge in [0.25, 0.3) is 0 Å². The molecule has 0 atom stereocenters. The third kappa shape index (κ3) is 31.5. The topological polar surface area (TPSA) is 224 Å². The molecule has 0 saturated carbocycles. The summed E-state index contributed by atoms with van der Waals surface area (Å²) < 4.78 is 0. The maximum absolute atomic E-state index is 9.10. The first-order valence-corrected chi connectivity index (χ1v) is 3.32. The van der Waals surface area contributed by atoms with Gasteiger partial charge in [0.15, 0.2) is 0 Å². The van der Waals surface area contributed by atoms with Crippen molar-refractivity contribution >= 4 is 87.2 Å². The molecule has 0 aromatic rings. The van der Waals surface area contributed by atoms with Crippen molar-refractivity contribution in [1.29, 1.82) is 0 Å². The molecule has 1 radical (unpaired) electrons. The van der Waals surface area contributed by atoms with Crippen LogP contribution in [0.1, 0.15) is 0 Å². The van der Waals surface area contributed by atoms with Crippen LogP contribution in [0.5, 0.6) is 0 Å². The largest absolute Gasteiger partial charge is 0.473 e. The molecule has 0 heterocycles. The Morgan fingerprint density at radius 3 is 0.421 bits per heavy atom. The van der Waals surface area contributed by atoms with Gasteiger partial charge in [0.2, 0.25) is 0 Å². The van der Waals surface area contributed by atoms with Gasteiger partial charge in [-0.3, -0.25) is 0 Å². The Labute approximate surface area is 145 Å². The fourth-order valence-electron chi connectivity index (χ4n) is 0. The number of aliphatic carboxylic acids is 6. The van der Waals surface area contributed by atoms with Crippen LogP contribution in [0.4, 0.5) is 0 Å². The van der Waals surface area contributed by atoms with Crippen LogP contribution in [-0.2, 0) is 28.8 Å². The van der Waals surface area contributed by atoms with E-state index >= 15 is 0 Å². The number of carbonyl (C=O) groups is 6. The fourth-order valence-corrected chi connectivity index (χ4v) is 0. The molecule has 0 aromatic heterocycles. The van der Waals surface area contributed by atoms with Crippen molar-refractivity contribution in [3.05, 3.63) is 0 Å². The summed E-state index contributed by atoms with van der Waals surface area (Å²) in [6.07, 6.45) is 0. The summed E-state index contributed by atoms with van der Waals surface area (Å²) in [6, 6.07) is 0. The van der Waals surface area contributed by atoms with Crippen LogP contribution in [0.25, 0.3) is 0 Å². The van der Waals surface area contributed by atoms with Gasteiger partial charge in [-0.2, -0.15) is 0 Å². The van der Waals surface area contributed by atoms with Gasteiger partial charge in [0.05, 0.1) is 0 Å². The molecule has 19 heavy (non-hydrogen) atoms. The molecule has 0 aliphatic carbocycles. The van der Waals surface area contributed by atoms with Crippen molar-refractivity contribution in [3.8, 4) is 0 Å². The number of rotatable bonds is 0. The fraction of sp³-hybridized carbons (Fsp3) is 0. The third-order valence-electron chi connectivity index (χ3n) is 0.549. The summed E-state index contributed by atoms with van der Waals surface area (Å²) in [7, 11) is 0. The van der Waals surface area contributed by atoms with Gasteiger partial charge in [0, 0.05) is 51.4 Å². The molecule has 0 aliphatic heterocycles. The van der Waals surface area contributed by atoms with Crippen LogP contribution in [0.2, 0.25) is 0 Å². The van der Waals surface area contributed by atoms with E-state index in [-0.39, 0.29) is 51.4 Å². The monoisotopic (exact) mass is 309 g/mol. The van der Waals surface area contributed by atoms with Gasteiger partial charge in [-0.1, -0.05) is 0 Å². The molecule has 0 saturated heterocycles. The van der Waals surface area contributed by atoms with Gasteiger partial charge in [-0.15, -0.1) is 0 Å². The molecule has 103 valence electrons. The molecular formula is C6H6KO12. The second kappa shape index (κ2) is 14.5. The van der Waals surface area contributed by atoms with Crippen LogP contribution in [0.3, 0.4) is 0 Å². The van der Waals surface area contributed by atoms with Crippen molar-refractivity contribution < 1.29 is 59.4 Å². The van der Waals surface area contributed by atoms with E-state index in [0.29, 0.717) is 0 Å². The number of carboxylic acid groups (broad SMARTS) is 6. The minimum atomic E-state index is -1.82. The standard InChI is InChI=1S/3C2H2O4.K/c3*3-1(4)2(5)6;/h3*(H,3,4)(H,5,6);. The van der Waals surface area contributed by atoms with Crippen molar-refractivity contribution in [2.45, 2.75) is 0 Å². The molecule has 0 aliphatic rings. The van der Waals surface area contributed by atoms with E-state index in [2.05, 4.69) is 0 Å². The van der Waals surface area contributed by atoms with Crippen molar-refractivity contribution in [1.82, 2.24) is 0 Å². The maximum atomic E-state index is 9.10. The van der Waals surface area contributed by atoms with E-state index in [1.807, 2.05) is 0 Å². The zero-order chi connectivity index (χ0) is 15.5. The predicted molar refractivity (Wildman–Crippen MR) is 51.6 cm³/mol. The average molecular weight is 309 g/mol.